The molecule has 0 spiro atoms. The fourth-order valence-electron chi connectivity index (χ4n) is 2.59. The minimum Gasteiger partial charge on any atom is -0.407 e. The van der Waals surface area contributed by atoms with Crippen LogP contribution in [0.5, 0.6) is 0 Å². The van der Waals surface area contributed by atoms with Crippen molar-refractivity contribution in [3.8, 4) is 0 Å². The van der Waals surface area contributed by atoms with Crippen LogP contribution >= 0.6 is 12.4 Å². The Bertz CT molecular complexity index is 876. The molecule has 1 unspecified atom stereocenters. The maximum absolute atomic E-state index is 12.2. The van der Waals surface area contributed by atoms with Crippen LogP contribution in [-0.2, 0) is 11.3 Å². The zero-order chi connectivity index (χ0) is 19.5. The predicted molar refractivity (Wildman–Crippen MR) is 104 cm³/mol. The van der Waals surface area contributed by atoms with Crippen LogP contribution in [0.1, 0.15) is 33.6 Å². The number of halogens is 1. The SMILES string of the molecule is CC(C)C(C)(CN)NC(=O)CCCn1c(=O)oc2cc([N+](=O)[O-])ccc21.Cl. The van der Waals surface area contributed by atoms with E-state index in [1.807, 2.05) is 20.8 Å². The van der Waals surface area contributed by atoms with E-state index in [2.05, 4.69) is 5.32 Å². The number of carbonyl (C=O) groups is 1. The molecule has 0 radical (unpaired) electrons. The third kappa shape index (κ3) is 5.08. The molecule has 2 aromatic rings. The summed E-state index contributed by atoms with van der Waals surface area (Å²) in [5.41, 5.74) is 5.76. The molecule has 9 nitrogen and oxygen atoms in total. The summed E-state index contributed by atoms with van der Waals surface area (Å²) in [4.78, 5) is 34.4. The Morgan fingerprint density at radius 1 is 1.44 bits per heavy atom. The summed E-state index contributed by atoms with van der Waals surface area (Å²) >= 11 is 0. The van der Waals surface area contributed by atoms with Gasteiger partial charge in [0.2, 0.25) is 5.91 Å². The molecule has 1 heterocycles. The topological polar surface area (TPSA) is 133 Å². The number of fused-ring (bicyclic) bond motifs is 1. The lowest BCUT2D eigenvalue weighted by Crippen LogP contribution is -2.55. The van der Waals surface area contributed by atoms with Gasteiger partial charge in [0.15, 0.2) is 5.58 Å². The number of aromatic nitrogens is 1. The minimum atomic E-state index is -0.602. The highest BCUT2D eigenvalue weighted by molar-refractivity contribution is 5.85. The number of hydrogen-bond donors (Lipinski definition) is 2. The molecule has 2 rings (SSSR count). The first-order valence-electron chi connectivity index (χ1n) is 8.47. The van der Waals surface area contributed by atoms with Gasteiger partial charge in [-0.25, -0.2) is 4.79 Å². The fraction of sp³-hybridized carbons (Fsp3) is 0.529. The monoisotopic (exact) mass is 400 g/mol. The van der Waals surface area contributed by atoms with Crippen molar-refractivity contribution in [2.75, 3.05) is 6.54 Å². The Morgan fingerprint density at radius 3 is 2.67 bits per heavy atom. The van der Waals surface area contributed by atoms with E-state index in [-0.39, 0.29) is 48.5 Å². The van der Waals surface area contributed by atoms with Gasteiger partial charge in [-0.3, -0.25) is 19.5 Å². The van der Waals surface area contributed by atoms with Gasteiger partial charge in [-0.2, -0.15) is 0 Å². The quantitative estimate of drug-likeness (QED) is 0.515. The molecule has 0 aliphatic heterocycles. The van der Waals surface area contributed by atoms with Gasteiger partial charge in [-0.1, -0.05) is 13.8 Å². The van der Waals surface area contributed by atoms with Crippen molar-refractivity contribution in [3.63, 3.8) is 0 Å². The van der Waals surface area contributed by atoms with Gasteiger partial charge in [-0.15, -0.1) is 12.4 Å². The first kappa shape index (κ1) is 22.7. The molecule has 0 saturated heterocycles. The van der Waals surface area contributed by atoms with Crippen molar-refractivity contribution >= 4 is 35.1 Å². The molecule has 0 aliphatic carbocycles. The molecular formula is C17H25ClN4O5. The van der Waals surface area contributed by atoms with Crippen LogP contribution in [0.3, 0.4) is 0 Å². The molecule has 10 heteroatoms. The Morgan fingerprint density at radius 2 is 2.11 bits per heavy atom. The highest BCUT2D eigenvalue weighted by Crippen LogP contribution is 2.20. The average Bonchev–Trinajstić information content (AvgIpc) is 2.89. The van der Waals surface area contributed by atoms with E-state index in [0.717, 1.165) is 0 Å². The average molecular weight is 401 g/mol. The molecule has 0 bridgehead atoms. The van der Waals surface area contributed by atoms with Crippen molar-refractivity contribution in [1.29, 1.82) is 0 Å². The van der Waals surface area contributed by atoms with Crippen LogP contribution in [-0.4, -0.2) is 27.5 Å². The number of non-ortho nitro benzene ring substituents is 1. The molecule has 1 amide bonds. The zero-order valence-electron chi connectivity index (χ0n) is 15.6. The normalized spacial score (nSPS) is 13.2. The summed E-state index contributed by atoms with van der Waals surface area (Å²) in [6.07, 6.45) is 0.657. The summed E-state index contributed by atoms with van der Waals surface area (Å²) in [6, 6.07) is 4.01. The first-order chi connectivity index (χ1) is 12.2. The summed E-state index contributed by atoms with van der Waals surface area (Å²) in [5, 5.41) is 13.7. The molecule has 0 aliphatic rings. The Hall–Kier alpha value is -2.39. The number of nitro groups is 1. The number of rotatable bonds is 8. The van der Waals surface area contributed by atoms with E-state index in [4.69, 9.17) is 10.2 Å². The summed E-state index contributed by atoms with van der Waals surface area (Å²) < 4.78 is 6.43. The number of hydrogen-bond acceptors (Lipinski definition) is 6. The number of amides is 1. The van der Waals surface area contributed by atoms with Crippen LogP contribution in [0.4, 0.5) is 5.69 Å². The molecule has 27 heavy (non-hydrogen) atoms. The van der Waals surface area contributed by atoms with Crippen molar-refractivity contribution in [1.82, 2.24) is 9.88 Å². The van der Waals surface area contributed by atoms with Crippen molar-refractivity contribution in [3.05, 3.63) is 38.9 Å². The third-order valence-electron chi connectivity index (χ3n) is 4.77. The molecule has 3 N–H and O–H groups in total. The van der Waals surface area contributed by atoms with Gasteiger partial charge in [-0.05, 0) is 25.3 Å². The number of nitro benzene ring substituents is 1. The van der Waals surface area contributed by atoms with E-state index in [1.165, 1.54) is 22.8 Å². The lowest BCUT2D eigenvalue weighted by Gasteiger charge is -2.33. The highest BCUT2D eigenvalue weighted by atomic mass is 35.5. The van der Waals surface area contributed by atoms with Gasteiger partial charge in [0.25, 0.3) is 5.69 Å². The molecular weight excluding hydrogens is 376 g/mol. The van der Waals surface area contributed by atoms with Gasteiger partial charge >= 0.3 is 5.76 Å². The van der Waals surface area contributed by atoms with Crippen molar-refractivity contribution < 1.29 is 14.1 Å². The maximum atomic E-state index is 12.2. The summed E-state index contributed by atoms with van der Waals surface area (Å²) in [6.45, 7) is 6.49. The second kappa shape index (κ2) is 9.01. The number of nitrogens with two attached hydrogens (primary N) is 1. The third-order valence-corrected chi connectivity index (χ3v) is 4.77. The van der Waals surface area contributed by atoms with Crippen molar-refractivity contribution in [2.45, 2.75) is 45.7 Å². The highest BCUT2D eigenvalue weighted by Gasteiger charge is 2.28. The number of benzene rings is 1. The molecule has 1 atom stereocenters. The summed E-state index contributed by atoms with van der Waals surface area (Å²) in [5.74, 6) is -0.550. The molecule has 150 valence electrons. The number of nitrogens with one attached hydrogen (secondary N) is 1. The van der Waals surface area contributed by atoms with Gasteiger partial charge in [0, 0.05) is 25.6 Å². The van der Waals surface area contributed by atoms with E-state index < -0.39 is 16.2 Å². The first-order valence-corrected chi connectivity index (χ1v) is 8.47. The van der Waals surface area contributed by atoms with E-state index in [0.29, 0.717) is 18.5 Å². The standard InChI is InChI=1S/C17H24N4O5.ClH/c1-11(2)17(3,10-18)19-15(22)5-4-8-20-13-7-6-12(21(24)25)9-14(13)26-16(20)23;/h6-7,9,11H,4-5,8,10,18H2,1-3H3,(H,19,22);1H. The van der Waals surface area contributed by atoms with Crippen LogP contribution in [0.25, 0.3) is 11.1 Å². The molecule has 0 saturated carbocycles. The van der Waals surface area contributed by atoms with Crippen molar-refractivity contribution in [2.24, 2.45) is 11.7 Å². The van der Waals surface area contributed by atoms with Crippen LogP contribution in [0, 0.1) is 16.0 Å². The minimum absolute atomic E-state index is 0. The summed E-state index contributed by atoms with van der Waals surface area (Å²) in [7, 11) is 0. The van der Waals surface area contributed by atoms with Crippen LogP contribution in [0.2, 0.25) is 0 Å². The van der Waals surface area contributed by atoms with E-state index >= 15 is 0 Å². The molecule has 1 aromatic carbocycles. The van der Waals surface area contributed by atoms with E-state index in [1.54, 1.807) is 0 Å². The van der Waals surface area contributed by atoms with Crippen LogP contribution < -0.4 is 16.8 Å². The second-order valence-corrected chi connectivity index (χ2v) is 6.86. The van der Waals surface area contributed by atoms with Gasteiger partial charge in [0.05, 0.1) is 22.0 Å². The van der Waals surface area contributed by atoms with E-state index in [9.17, 15) is 19.7 Å². The smallest absolute Gasteiger partial charge is 0.407 e. The lowest BCUT2D eigenvalue weighted by atomic mass is 9.88. The molecule has 0 fully saturated rings. The zero-order valence-corrected chi connectivity index (χ0v) is 16.4. The predicted octanol–water partition coefficient (Wildman–Crippen LogP) is 2.19. The lowest BCUT2D eigenvalue weighted by molar-refractivity contribution is -0.384. The number of nitrogens with zero attached hydrogens (tertiary/aromatic N) is 2. The largest absolute Gasteiger partial charge is 0.419 e. The maximum Gasteiger partial charge on any atom is 0.419 e. The van der Waals surface area contributed by atoms with Crippen LogP contribution in [0.15, 0.2) is 27.4 Å². The Balaban J connectivity index is 0.00000364. The Labute approximate surface area is 162 Å². The van der Waals surface area contributed by atoms with Gasteiger partial charge < -0.3 is 15.5 Å². The second-order valence-electron chi connectivity index (χ2n) is 6.86. The number of aryl methyl sites for hydroxylation is 1. The van der Waals surface area contributed by atoms with Gasteiger partial charge in [0.1, 0.15) is 0 Å². The number of carbonyl (C=O) groups excluding carboxylic acids is 1. The number of oxazole rings is 1. The fourth-order valence-corrected chi connectivity index (χ4v) is 2.59. The Kier molecular flexibility index (Phi) is 7.55. The molecule has 1 aromatic heterocycles.